The lowest BCUT2D eigenvalue weighted by Crippen LogP contribution is -2.29. The zero-order valence-corrected chi connectivity index (χ0v) is 11.1. The largest absolute Gasteiger partial charge is 0.480 e. The van der Waals surface area contributed by atoms with Crippen molar-refractivity contribution in [1.29, 1.82) is 0 Å². The predicted octanol–water partition coefficient (Wildman–Crippen LogP) is 0.704. The number of hydrogen-bond donors (Lipinski definition) is 4. The van der Waals surface area contributed by atoms with E-state index >= 15 is 0 Å². The fourth-order valence-electron chi connectivity index (χ4n) is 1.23. The quantitative estimate of drug-likeness (QED) is 0.259. The summed E-state index contributed by atoms with van der Waals surface area (Å²) in [5.74, 6) is -0.933. The van der Waals surface area contributed by atoms with E-state index in [1.165, 1.54) is 24.3 Å². The molecule has 0 aliphatic carbocycles. The monoisotopic (exact) mass is 284 g/mol. The maximum atomic E-state index is 10.1. The van der Waals surface area contributed by atoms with Crippen LogP contribution >= 0.6 is 0 Å². The number of nitro benzene ring substituents is 1. The average Bonchev–Trinajstić information content (AvgIpc) is 2.40. The van der Waals surface area contributed by atoms with Gasteiger partial charge in [-0.15, -0.1) is 0 Å². The van der Waals surface area contributed by atoms with E-state index in [0.717, 1.165) is 12.8 Å². The lowest BCUT2D eigenvalue weighted by atomic mass is 10.1. The first-order chi connectivity index (χ1) is 9.38. The molecule has 0 bridgehead atoms. The molecule has 0 aliphatic heterocycles. The van der Waals surface area contributed by atoms with E-state index in [0.29, 0.717) is 18.7 Å². The zero-order valence-electron chi connectivity index (χ0n) is 11.1. The van der Waals surface area contributed by atoms with Gasteiger partial charge < -0.3 is 22.3 Å². The summed E-state index contributed by atoms with van der Waals surface area (Å²) < 4.78 is 0. The number of carbonyl (C=O) groups is 1. The fraction of sp³-hybridized carbons (Fsp3) is 0.417. The van der Waals surface area contributed by atoms with Crippen LogP contribution < -0.4 is 17.2 Å². The molecular formula is C12H20N4O4. The Kier molecular flexibility index (Phi) is 8.64. The molecule has 0 aliphatic rings. The molecule has 0 heterocycles. The number of nitrogen functional groups attached to an aromatic ring is 1. The van der Waals surface area contributed by atoms with Crippen LogP contribution in [0.25, 0.3) is 0 Å². The summed E-state index contributed by atoms with van der Waals surface area (Å²) in [6, 6.07) is 5.02. The minimum Gasteiger partial charge on any atom is -0.480 e. The minimum absolute atomic E-state index is 0.0641. The maximum absolute atomic E-state index is 10.1. The van der Waals surface area contributed by atoms with Gasteiger partial charge in [0.2, 0.25) is 0 Å². The number of nitrogens with two attached hydrogens (primary N) is 3. The second kappa shape index (κ2) is 9.70. The summed E-state index contributed by atoms with van der Waals surface area (Å²) in [6.07, 6.45) is 2.16. The topological polar surface area (TPSA) is 158 Å². The lowest BCUT2D eigenvalue weighted by molar-refractivity contribution is -0.384. The number of nitro groups is 1. The number of non-ortho nitro benzene ring substituents is 1. The smallest absolute Gasteiger partial charge is 0.320 e. The van der Waals surface area contributed by atoms with Gasteiger partial charge in [0.05, 0.1) is 4.92 Å². The van der Waals surface area contributed by atoms with Gasteiger partial charge in [-0.3, -0.25) is 14.9 Å². The van der Waals surface area contributed by atoms with E-state index in [-0.39, 0.29) is 5.69 Å². The summed E-state index contributed by atoms with van der Waals surface area (Å²) >= 11 is 0. The Labute approximate surface area is 116 Å². The van der Waals surface area contributed by atoms with Gasteiger partial charge in [-0.05, 0) is 31.5 Å². The van der Waals surface area contributed by atoms with Crippen molar-refractivity contribution in [3.8, 4) is 0 Å². The van der Waals surface area contributed by atoms with Crippen LogP contribution in [0.15, 0.2) is 24.3 Å². The summed E-state index contributed by atoms with van der Waals surface area (Å²) in [6.45, 7) is 0.604. The summed E-state index contributed by atoms with van der Waals surface area (Å²) in [7, 11) is 0. The highest BCUT2D eigenvalue weighted by Crippen LogP contribution is 2.12. The number of rotatable bonds is 6. The Morgan fingerprint density at radius 3 is 2.25 bits per heavy atom. The lowest BCUT2D eigenvalue weighted by Gasteiger charge is -2.03. The molecule has 0 saturated heterocycles. The van der Waals surface area contributed by atoms with Crippen molar-refractivity contribution < 1.29 is 14.8 Å². The molecule has 1 rings (SSSR count). The van der Waals surface area contributed by atoms with Gasteiger partial charge in [0.25, 0.3) is 5.69 Å². The van der Waals surface area contributed by atoms with Crippen LogP contribution in [0, 0.1) is 10.1 Å². The Morgan fingerprint density at radius 2 is 1.85 bits per heavy atom. The molecule has 0 radical (unpaired) electrons. The third kappa shape index (κ3) is 8.01. The van der Waals surface area contributed by atoms with Crippen LogP contribution in [0.5, 0.6) is 0 Å². The molecule has 8 heteroatoms. The van der Waals surface area contributed by atoms with Crippen molar-refractivity contribution in [2.45, 2.75) is 25.3 Å². The molecule has 7 N–H and O–H groups in total. The summed E-state index contributed by atoms with van der Waals surface area (Å²) in [4.78, 5) is 19.8. The van der Waals surface area contributed by atoms with Gasteiger partial charge in [0, 0.05) is 17.8 Å². The molecule has 0 fully saturated rings. The molecular weight excluding hydrogens is 264 g/mol. The highest BCUT2D eigenvalue weighted by Gasteiger charge is 2.09. The Bertz CT molecular complexity index is 422. The first-order valence-electron chi connectivity index (χ1n) is 6.07. The number of unbranched alkanes of at least 4 members (excludes halogenated alkanes) is 1. The van der Waals surface area contributed by atoms with Gasteiger partial charge in [-0.1, -0.05) is 6.42 Å². The maximum Gasteiger partial charge on any atom is 0.320 e. The van der Waals surface area contributed by atoms with Crippen LogP contribution in [-0.4, -0.2) is 28.6 Å². The molecule has 1 atom stereocenters. The van der Waals surface area contributed by atoms with E-state index in [4.69, 9.17) is 22.3 Å². The Hall–Kier alpha value is -2.19. The molecule has 0 saturated carbocycles. The van der Waals surface area contributed by atoms with Crippen molar-refractivity contribution in [1.82, 2.24) is 0 Å². The van der Waals surface area contributed by atoms with E-state index in [9.17, 15) is 14.9 Å². The van der Waals surface area contributed by atoms with E-state index in [1.54, 1.807) is 0 Å². The predicted molar refractivity (Wildman–Crippen MR) is 76.0 cm³/mol. The molecule has 8 nitrogen and oxygen atoms in total. The van der Waals surface area contributed by atoms with Gasteiger partial charge in [-0.25, -0.2) is 0 Å². The molecule has 20 heavy (non-hydrogen) atoms. The summed E-state index contributed by atoms with van der Waals surface area (Å²) in [5.41, 5.74) is 16.3. The zero-order chi connectivity index (χ0) is 15.5. The van der Waals surface area contributed by atoms with Crippen molar-refractivity contribution in [2.24, 2.45) is 11.5 Å². The molecule has 1 aromatic carbocycles. The Balaban J connectivity index is 0.000000361. The standard InChI is InChI=1S/C6H6N2O2.C6H14N2O2/c7-5-1-3-6(4-2-5)8(9)10;7-4-2-1-3-5(8)6(9)10/h1-4H,7H2;5H,1-4,7-8H2,(H,9,10)/t;5-/m.0/s1. The van der Waals surface area contributed by atoms with E-state index in [2.05, 4.69) is 0 Å². The number of carboxylic acid groups (broad SMARTS) is 1. The van der Waals surface area contributed by atoms with E-state index < -0.39 is 16.9 Å². The molecule has 0 aromatic heterocycles. The fourth-order valence-corrected chi connectivity index (χ4v) is 1.23. The third-order valence-electron chi connectivity index (χ3n) is 2.39. The molecule has 0 unspecified atom stereocenters. The van der Waals surface area contributed by atoms with Crippen molar-refractivity contribution in [3.05, 3.63) is 34.4 Å². The Morgan fingerprint density at radius 1 is 1.30 bits per heavy atom. The first-order valence-corrected chi connectivity index (χ1v) is 6.07. The molecule has 0 amide bonds. The number of benzene rings is 1. The second-order valence-corrected chi connectivity index (χ2v) is 4.08. The molecule has 1 aromatic rings. The van der Waals surface area contributed by atoms with Gasteiger partial charge in [0.1, 0.15) is 6.04 Å². The normalized spacial score (nSPS) is 11.1. The molecule has 112 valence electrons. The third-order valence-corrected chi connectivity index (χ3v) is 2.39. The van der Waals surface area contributed by atoms with Gasteiger partial charge >= 0.3 is 5.97 Å². The SMILES string of the molecule is NCCCC[C@H](N)C(=O)O.Nc1ccc([N+](=O)[O-])cc1. The number of aliphatic carboxylic acids is 1. The van der Waals surface area contributed by atoms with Crippen LogP contribution in [0.4, 0.5) is 11.4 Å². The number of carboxylic acids is 1. The number of hydrogen-bond acceptors (Lipinski definition) is 6. The summed E-state index contributed by atoms with van der Waals surface area (Å²) in [5, 5.41) is 18.4. The van der Waals surface area contributed by atoms with Crippen molar-refractivity contribution >= 4 is 17.3 Å². The number of anilines is 1. The second-order valence-electron chi connectivity index (χ2n) is 4.08. The van der Waals surface area contributed by atoms with Gasteiger partial charge in [-0.2, -0.15) is 0 Å². The van der Waals surface area contributed by atoms with Crippen molar-refractivity contribution in [3.63, 3.8) is 0 Å². The first kappa shape index (κ1) is 17.8. The number of nitrogens with zero attached hydrogens (tertiary/aromatic N) is 1. The van der Waals surface area contributed by atoms with Crippen LogP contribution in [-0.2, 0) is 4.79 Å². The van der Waals surface area contributed by atoms with E-state index in [1.807, 2.05) is 0 Å². The highest BCUT2D eigenvalue weighted by atomic mass is 16.6. The van der Waals surface area contributed by atoms with Crippen LogP contribution in [0.3, 0.4) is 0 Å². The minimum atomic E-state index is -0.933. The van der Waals surface area contributed by atoms with Crippen LogP contribution in [0.2, 0.25) is 0 Å². The molecule has 0 spiro atoms. The average molecular weight is 284 g/mol. The van der Waals surface area contributed by atoms with Gasteiger partial charge in [0.15, 0.2) is 0 Å². The highest BCUT2D eigenvalue weighted by molar-refractivity contribution is 5.72. The van der Waals surface area contributed by atoms with Crippen LogP contribution in [0.1, 0.15) is 19.3 Å². The van der Waals surface area contributed by atoms with Crippen molar-refractivity contribution in [2.75, 3.05) is 12.3 Å².